The van der Waals surface area contributed by atoms with Crippen LogP contribution in [0.1, 0.15) is 27.7 Å². The highest BCUT2D eigenvalue weighted by Crippen LogP contribution is 2.05. The molecule has 0 aliphatic rings. The Labute approximate surface area is 47.9 Å². The summed E-state index contributed by atoms with van der Waals surface area (Å²) in [6.45, 7) is 8.96. The fourth-order valence-corrected chi connectivity index (χ4v) is 0. The van der Waals surface area contributed by atoms with Crippen molar-refractivity contribution in [1.29, 1.82) is 0 Å². The zero-order valence-electron chi connectivity index (χ0n) is 5.65. The minimum atomic E-state index is 0. The van der Waals surface area contributed by atoms with Gasteiger partial charge in [0, 0.05) is 7.43 Å². The van der Waals surface area contributed by atoms with Crippen molar-refractivity contribution < 1.29 is 0 Å². The van der Waals surface area contributed by atoms with E-state index in [2.05, 4.69) is 27.7 Å². The molecule has 0 fully saturated rings. The Morgan fingerprint density at radius 3 is 0.857 bits per heavy atom. The molecular formula is C7H14. The van der Waals surface area contributed by atoms with E-state index in [1.807, 2.05) is 0 Å². The molecule has 0 spiro atoms. The lowest BCUT2D eigenvalue weighted by Crippen LogP contribution is -1.95. The lowest BCUT2D eigenvalue weighted by atomic mass is 10.0. The molecule has 0 amide bonds. The van der Waals surface area contributed by atoms with E-state index in [1.165, 1.54) is 0 Å². The average Bonchev–Trinajstić information content (AvgIpc) is 1.36. The molecule has 0 aromatic heterocycles. The Balaban J connectivity index is 0. The standard InChI is InChI=1S/C6H14.C/c1-5(2)6(3)4;/h5-6H,1-4H3;. The average molecular weight is 98.2 g/mol. The fourth-order valence-electron chi connectivity index (χ4n) is 0. The van der Waals surface area contributed by atoms with Gasteiger partial charge in [-0.05, 0) is 11.8 Å². The summed E-state index contributed by atoms with van der Waals surface area (Å²) in [6.07, 6.45) is 0. The van der Waals surface area contributed by atoms with Crippen LogP contribution in [0.25, 0.3) is 0 Å². The van der Waals surface area contributed by atoms with Gasteiger partial charge in [-0.25, -0.2) is 0 Å². The van der Waals surface area contributed by atoms with E-state index < -0.39 is 0 Å². The van der Waals surface area contributed by atoms with Gasteiger partial charge in [0.25, 0.3) is 0 Å². The molecule has 0 N–H and O–H groups in total. The van der Waals surface area contributed by atoms with Gasteiger partial charge in [0.2, 0.25) is 0 Å². The highest BCUT2D eigenvalue weighted by atomic mass is 14.0. The smallest absolute Gasteiger partial charge is 0 e. The van der Waals surface area contributed by atoms with Crippen LogP contribution in [-0.2, 0) is 0 Å². The summed E-state index contributed by atoms with van der Waals surface area (Å²) in [5.41, 5.74) is 0. The van der Waals surface area contributed by atoms with Crippen LogP contribution in [0.4, 0.5) is 0 Å². The van der Waals surface area contributed by atoms with Crippen LogP contribution < -0.4 is 0 Å². The predicted octanol–water partition coefficient (Wildman–Crippen LogP) is 2.38. The zero-order chi connectivity index (χ0) is 5.15. The molecule has 0 atom stereocenters. The maximum Gasteiger partial charge on any atom is 0 e. The molecule has 0 saturated carbocycles. The van der Waals surface area contributed by atoms with E-state index in [1.54, 1.807) is 0 Å². The van der Waals surface area contributed by atoms with Gasteiger partial charge in [0.15, 0.2) is 0 Å². The topological polar surface area (TPSA) is 0 Å². The summed E-state index contributed by atoms with van der Waals surface area (Å²) in [4.78, 5) is 0. The highest BCUT2D eigenvalue weighted by Gasteiger charge is 1.95. The van der Waals surface area contributed by atoms with Crippen molar-refractivity contribution in [2.24, 2.45) is 11.8 Å². The van der Waals surface area contributed by atoms with Gasteiger partial charge in [-0.1, -0.05) is 27.7 Å². The third-order valence-electron chi connectivity index (χ3n) is 1.33. The van der Waals surface area contributed by atoms with Crippen molar-refractivity contribution in [1.82, 2.24) is 0 Å². The minimum Gasteiger partial charge on any atom is -0.0625 e. The molecule has 0 heteroatoms. The second-order valence-electron chi connectivity index (χ2n) is 2.49. The Hall–Kier alpha value is 0. The molecule has 0 unspecified atom stereocenters. The van der Waals surface area contributed by atoms with Gasteiger partial charge >= 0.3 is 0 Å². The molecule has 0 aliphatic carbocycles. The van der Waals surface area contributed by atoms with Crippen LogP contribution in [0.3, 0.4) is 0 Å². The van der Waals surface area contributed by atoms with Crippen LogP contribution >= 0.6 is 0 Å². The first-order valence-electron chi connectivity index (χ1n) is 2.64. The van der Waals surface area contributed by atoms with E-state index in [0.29, 0.717) is 0 Å². The first-order chi connectivity index (χ1) is 2.64. The molecule has 0 saturated heterocycles. The maximum absolute atomic E-state index is 2.24. The molecule has 0 aromatic carbocycles. The van der Waals surface area contributed by atoms with E-state index in [4.69, 9.17) is 0 Å². The normalized spacial score (nSPS) is 9.43. The van der Waals surface area contributed by atoms with E-state index in [0.717, 1.165) is 11.8 Å². The summed E-state index contributed by atoms with van der Waals surface area (Å²) in [5.74, 6) is 1.70. The van der Waals surface area contributed by atoms with Crippen LogP contribution in [0.15, 0.2) is 0 Å². The van der Waals surface area contributed by atoms with E-state index in [9.17, 15) is 0 Å². The fraction of sp³-hybridized carbons (Fsp3) is 0.857. The van der Waals surface area contributed by atoms with Gasteiger partial charge in [0.1, 0.15) is 0 Å². The van der Waals surface area contributed by atoms with Crippen molar-refractivity contribution in [3.05, 3.63) is 7.43 Å². The molecular weight excluding hydrogens is 84.1 g/mol. The van der Waals surface area contributed by atoms with Gasteiger partial charge in [-0.3, -0.25) is 0 Å². The molecule has 0 rings (SSSR count). The molecule has 0 heterocycles. The summed E-state index contributed by atoms with van der Waals surface area (Å²) < 4.78 is 0. The van der Waals surface area contributed by atoms with E-state index >= 15 is 0 Å². The maximum atomic E-state index is 2.24. The predicted molar refractivity (Wildman–Crippen MR) is 32.9 cm³/mol. The number of hydrogen-bond acceptors (Lipinski definition) is 0. The number of rotatable bonds is 1. The zero-order valence-corrected chi connectivity index (χ0v) is 5.65. The lowest BCUT2D eigenvalue weighted by Gasteiger charge is -2.05. The molecule has 0 aliphatic heterocycles. The van der Waals surface area contributed by atoms with E-state index in [-0.39, 0.29) is 7.43 Å². The second kappa shape index (κ2) is 4.17. The Morgan fingerprint density at radius 1 is 0.714 bits per heavy atom. The van der Waals surface area contributed by atoms with Crippen molar-refractivity contribution in [3.63, 3.8) is 0 Å². The molecule has 7 heavy (non-hydrogen) atoms. The van der Waals surface area contributed by atoms with Crippen LogP contribution in [0, 0.1) is 19.3 Å². The van der Waals surface area contributed by atoms with Crippen molar-refractivity contribution in [3.8, 4) is 0 Å². The van der Waals surface area contributed by atoms with Gasteiger partial charge in [0.05, 0.1) is 0 Å². The van der Waals surface area contributed by atoms with Gasteiger partial charge in [-0.2, -0.15) is 0 Å². The van der Waals surface area contributed by atoms with Crippen molar-refractivity contribution in [2.45, 2.75) is 27.7 Å². The first-order valence-corrected chi connectivity index (χ1v) is 2.64. The van der Waals surface area contributed by atoms with Gasteiger partial charge < -0.3 is 0 Å². The Bertz CT molecular complexity index is 21.0. The molecule has 0 nitrogen and oxygen atoms in total. The first kappa shape index (κ1) is 10.1. The number of hydrogen-bond donors (Lipinski definition) is 0. The molecule has 4 radical (unpaired) electrons. The Morgan fingerprint density at radius 2 is 0.857 bits per heavy atom. The molecule has 42 valence electrons. The second-order valence-corrected chi connectivity index (χ2v) is 2.49. The van der Waals surface area contributed by atoms with Gasteiger partial charge in [-0.15, -0.1) is 0 Å². The summed E-state index contributed by atoms with van der Waals surface area (Å²) in [5, 5.41) is 0. The lowest BCUT2D eigenvalue weighted by molar-refractivity contribution is 0.457. The quantitative estimate of drug-likeness (QED) is 0.472. The Kier molecular flexibility index (Phi) is 6.00. The third-order valence-corrected chi connectivity index (χ3v) is 1.33. The van der Waals surface area contributed by atoms with Crippen LogP contribution in [0.2, 0.25) is 0 Å². The van der Waals surface area contributed by atoms with Crippen LogP contribution in [0.5, 0.6) is 0 Å². The third kappa shape index (κ3) is 6.00. The molecule has 0 bridgehead atoms. The van der Waals surface area contributed by atoms with Crippen molar-refractivity contribution >= 4 is 0 Å². The summed E-state index contributed by atoms with van der Waals surface area (Å²) in [6, 6.07) is 0. The minimum absolute atomic E-state index is 0. The highest BCUT2D eigenvalue weighted by molar-refractivity contribution is 4.46. The largest absolute Gasteiger partial charge is 0.0625 e. The van der Waals surface area contributed by atoms with Crippen LogP contribution in [-0.4, -0.2) is 0 Å². The monoisotopic (exact) mass is 98.1 g/mol. The molecule has 0 aromatic rings. The summed E-state index contributed by atoms with van der Waals surface area (Å²) in [7, 11) is 0. The SMILES string of the molecule is CC(C)C(C)C.[C]. The van der Waals surface area contributed by atoms with Crippen molar-refractivity contribution in [2.75, 3.05) is 0 Å². The summed E-state index contributed by atoms with van der Waals surface area (Å²) >= 11 is 0.